The number of halogens is 3. The topological polar surface area (TPSA) is 148 Å². The van der Waals surface area contributed by atoms with Crippen LogP contribution < -0.4 is 4.90 Å². The highest BCUT2D eigenvalue weighted by Crippen LogP contribution is 2.45. The van der Waals surface area contributed by atoms with Crippen molar-refractivity contribution in [3.05, 3.63) is 117 Å². The predicted molar refractivity (Wildman–Crippen MR) is 157 cm³/mol. The normalized spacial score (nSPS) is 16.8. The number of nitrogens with zero attached hydrogens (tertiary/aromatic N) is 3. The number of carbonyl (C=O) groups is 2. The van der Waals surface area contributed by atoms with Gasteiger partial charge in [0.05, 0.1) is 33.2 Å². The van der Waals surface area contributed by atoms with Crippen LogP contribution in [0, 0.1) is 10.1 Å². The average molecular weight is 658 g/mol. The Morgan fingerprint density at radius 3 is 2.13 bits per heavy atom. The van der Waals surface area contributed by atoms with Gasteiger partial charge in [0.2, 0.25) is 9.84 Å². The number of aromatic nitrogens is 1. The number of ketones is 1. The highest BCUT2D eigenvalue weighted by atomic mass is 32.2. The lowest BCUT2D eigenvalue weighted by Gasteiger charge is -2.23. The van der Waals surface area contributed by atoms with Crippen LogP contribution in [-0.4, -0.2) is 35.1 Å². The van der Waals surface area contributed by atoms with Crippen LogP contribution in [0.4, 0.5) is 24.0 Å². The Bertz CT molecular complexity index is 1950. The van der Waals surface area contributed by atoms with E-state index in [1.54, 1.807) is 24.3 Å². The van der Waals surface area contributed by atoms with Gasteiger partial charge in [-0.05, 0) is 41.3 Å². The number of benzene rings is 3. The quantitative estimate of drug-likeness (QED) is 0.0764. The van der Waals surface area contributed by atoms with E-state index in [1.165, 1.54) is 0 Å². The van der Waals surface area contributed by atoms with Gasteiger partial charge < -0.3 is 5.11 Å². The fourth-order valence-electron chi connectivity index (χ4n) is 4.73. The molecule has 0 spiro atoms. The standard InChI is InChI=1S/C30H22F3N3O7S2/c1-16(2)17-3-5-19(6-4-17)26(37)24-25(18-7-9-20(10-8-18)30(31,32)33)35(28(39)27(24)38)29-34-15-23(44-29)45(42,43)22-13-11-21(12-14-22)36(40)41/h3-16,25,37H,1-2H3/b26-24+. The van der Waals surface area contributed by atoms with Crippen LogP contribution in [-0.2, 0) is 25.6 Å². The van der Waals surface area contributed by atoms with Gasteiger partial charge in [-0.2, -0.15) is 13.2 Å². The molecule has 1 amide bonds. The maximum Gasteiger partial charge on any atom is 0.416 e. The third-order valence-electron chi connectivity index (χ3n) is 7.15. The van der Waals surface area contributed by atoms with E-state index in [0.717, 1.165) is 65.2 Å². The van der Waals surface area contributed by atoms with Crippen LogP contribution >= 0.6 is 11.3 Å². The van der Waals surface area contributed by atoms with E-state index in [-0.39, 0.29) is 37.0 Å². The Balaban J connectivity index is 1.63. The van der Waals surface area contributed by atoms with E-state index in [9.17, 15) is 46.4 Å². The Labute approximate surface area is 258 Å². The van der Waals surface area contributed by atoms with Gasteiger partial charge >= 0.3 is 12.1 Å². The summed E-state index contributed by atoms with van der Waals surface area (Å²) in [5.41, 5.74) is -0.619. The molecule has 1 aliphatic heterocycles. The van der Waals surface area contributed by atoms with Crippen LogP contribution in [0.15, 0.2) is 93.7 Å². The first-order valence-electron chi connectivity index (χ1n) is 13.1. The summed E-state index contributed by atoms with van der Waals surface area (Å²) in [7, 11) is -4.29. The number of aliphatic hydroxyl groups is 1. The van der Waals surface area contributed by atoms with Crippen molar-refractivity contribution in [3.8, 4) is 0 Å². The second-order valence-electron chi connectivity index (χ2n) is 10.3. The number of hydrogen-bond acceptors (Lipinski definition) is 9. The van der Waals surface area contributed by atoms with Crippen molar-refractivity contribution >= 4 is 49.4 Å². The Kier molecular flexibility index (Phi) is 8.10. The summed E-state index contributed by atoms with van der Waals surface area (Å²) in [5, 5.41) is 22.0. The first kappa shape index (κ1) is 31.5. The van der Waals surface area contributed by atoms with E-state index < -0.39 is 55.6 Å². The molecule has 0 radical (unpaired) electrons. The maximum atomic E-state index is 13.4. The minimum Gasteiger partial charge on any atom is -0.507 e. The fourth-order valence-corrected chi connectivity index (χ4v) is 7.28. The zero-order chi connectivity index (χ0) is 32.8. The highest BCUT2D eigenvalue weighted by molar-refractivity contribution is 7.93. The van der Waals surface area contributed by atoms with Crippen LogP contribution in [0.3, 0.4) is 0 Å². The highest BCUT2D eigenvalue weighted by Gasteiger charge is 2.48. The van der Waals surface area contributed by atoms with Gasteiger partial charge in [-0.1, -0.05) is 61.6 Å². The number of thiazole rings is 1. The molecule has 1 aliphatic rings. The molecule has 2 heterocycles. The number of amides is 1. The summed E-state index contributed by atoms with van der Waals surface area (Å²) in [6.45, 7) is 3.91. The fraction of sp³-hybridized carbons (Fsp3) is 0.167. The average Bonchev–Trinajstić information content (AvgIpc) is 3.60. The van der Waals surface area contributed by atoms with Gasteiger partial charge in [0, 0.05) is 17.7 Å². The molecule has 45 heavy (non-hydrogen) atoms. The summed E-state index contributed by atoms with van der Waals surface area (Å²) in [5.74, 6) is -2.76. The molecule has 5 rings (SSSR count). The number of Topliss-reactive ketones (excluding diaryl/α,β-unsaturated/α-hetero) is 1. The van der Waals surface area contributed by atoms with Crippen LogP contribution in [0.25, 0.3) is 5.76 Å². The van der Waals surface area contributed by atoms with Crippen molar-refractivity contribution in [2.75, 3.05) is 4.90 Å². The minimum atomic E-state index is -4.67. The molecule has 1 unspecified atom stereocenters. The van der Waals surface area contributed by atoms with Crippen molar-refractivity contribution < 1.29 is 41.2 Å². The first-order valence-corrected chi connectivity index (χ1v) is 15.4. The second kappa shape index (κ2) is 11.6. The van der Waals surface area contributed by atoms with Crippen LogP contribution in [0.2, 0.25) is 0 Å². The summed E-state index contributed by atoms with van der Waals surface area (Å²) in [4.78, 5) is 41.7. The molecule has 1 saturated heterocycles. The van der Waals surface area contributed by atoms with Crippen molar-refractivity contribution in [2.24, 2.45) is 0 Å². The molecule has 10 nitrogen and oxygen atoms in total. The molecule has 0 saturated carbocycles. The number of aliphatic hydroxyl groups excluding tert-OH is 1. The lowest BCUT2D eigenvalue weighted by atomic mass is 9.94. The summed E-state index contributed by atoms with van der Waals surface area (Å²) in [6, 6.07) is 12.8. The monoisotopic (exact) mass is 657 g/mol. The van der Waals surface area contributed by atoms with Crippen molar-refractivity contribution in [1.82, 2.24) is 4.98 Å². The number of sulfone groups is 1. The molecule has 0 aliphatic carbocycles. The number of anilines is 1. The van der Waals surface area contributed by atoms with Crippen LogP contribution in [0.5, 0.6) is 0 Å². The van der Waals surface area contributed by atoms with Gasteiger partial charge in [0.1, 0.15) is 9.97 Å². The van der Waals surface area contributed by atoms with E-state index in [0.29, 0.717) is 11.3 Å². The number of rotatable bonds is 7. The summed E-state index contributed by atoms with van der Waals surface area (Å²) < 4.78 is 66.2. The number of non-ortho nitro benzene ring substituents is 1. The minimum absolute atomic E-state index is 0.0255. The summed E-state index contributed by atoms with van der Waals surface area (Å²) in [6.07, 6.45) is -3.74. The van der Waals surface area contributed by atoms with Gasteiger partial charge in [-0.25, -0.2) is 13.4 Å². The lowest BCUT2D eigenvalue weighted by Crippen LogP contribution is -2.29. The SMILES string of the molecule is CC(C)c1ccc(/C(O)=C2\C(=O)C(=O)N(c3ncc(S(=O)(=O)c4ccc([N+](=O)[O-])cc4)s3)C2c2ccc(C(F)(F)F)cc2)cc1. The molecule has 0 bridgehead atoms. The van der Waals surface area contributed by atoms with Gasteiger partial charge in [0.25, 0.3) is 11.5 Å². The Morgan fingerprint density at radius 2 is 1.60 bits per heavy atom. The molecular weight excluding hydrogens is 635 g/mol. The molecule has 1 N–H and O–H groups in total. The molecule has 232 valence electrons. The Morgan fingerprint density at radius 1 is 1.00 bits per heavy atom. The smallest absolute Gasteiger partial charge is 0.416 e. The van der Waals surface area contributed by atoms with Crippen molar-refractivity contribution in [2.45, 2.75) is 41.1 Å². The third kappa shape index (κ3) is 5.83. The maximum absolute atomic E-state index is 13.4. The largest absolute Gasteiger partial charge is 0.507 e. The van der Waals surface area contributed by atoms with E-state index in [4.69, 9.17) is 0 Å². The van der Waals surface area contributed by atoms with Gasteiger partial charge in [-0.15, -0.1) is 0 Å². The molecular formula is C30H22F3N3O7S2. The number of nitro benzene ring substituents is 1. The molecule has 15 heteroatoms. The third-order valence-corrected chi connectivity index (χ3v) is 10.4. The number of carbonyl (C=O) groups excluding carboxylic acids is 2. The first-order chi connectivity index (χ1) is 21.1. The van der Waals surface area contributed by atoms with E-state index in [1.807, 2.05) is 13.8 Å². The zero-order valence-electron chi connectivity index (χ0n) is 23.3. The Hall–Kier alpha value is -4.89. The van der Waals surface area contributed by atoms with Crippen molar-refractivity contribution in [3.63, 3.8) is 0 Å². The molecule has 4 aromatic rings. The number of nitro groups is 1. The van der Waals surface area contributed by atoms with Gasteiger partial charge in [-0.3, -0.25) is 24.6 Å². The lowest BCUT2D eigenvalue weighted by molar-refractivity contribution is -0.384. The van der Waals surface area contributed by atoms with Gasteiger partial charge in [0.15, 0.2) is 5.13 Å². The number of hydrogen-bond donors (Lipinski definition) is 1. The summed E-state index contributed by atoms with van der Waals surface area (Å²) >= 11 is 0.504. The predicted octanol–water partition coefficient (Wildman–Crippen LogP) is 6.65. The molecule has 1 fully saturated rings. The second-order valence-corrected chi connectivity index (χ2v) is 13.5. The van der Waals surface area contributed by atoms with Crippen molar-refractivity contribution in [1.29, 1.82) is 0 Å². The number of alkyl halides is 3. The zero-order valence-corrected chi connectivity index (χ0v) is 25.0. The van der Waals surface area contributed by atoms with E-state index in [2.05, 4.69) is 4.98 Å². The molecule has 3 aromatic carbocycles. The van der Waals surface area contributed by atoms with E-state index >= 15 is 0 Å². The molecule has 1 aromatic heterocycles. The molecule has 1 atom stereocenters. The van der Waals surface area contributed by atoms with Crippen LogP contribution in [0.1, 0.15) is 48.1 Å².